The first-order valence-corrected chi connectivity index (χ1v) is 19.7. The van der Waals surface area contributed by atoms with Crippen LogP contribution in [-0.4, -0.2) is 91.9 Å². The Morgan fingerprint density at radius 1 is 0.825 bits per heavy atom. The molecule has 3 heterocycles. The fourth-order valence-electron chi connectivity index (χ4n) is 8.54. The van der Waals surface area contributed by atoms with E-state index in [0.29, 0.717) is 51.5 Å². The van der Waals surface area contributed by atoms with Crippen molar-refractivity contribution in [1.29, 1.82) is 0 Å². The fraction of sp³-hybridized carbons (Fsp3) is 0.452. The van der Waals surface area contributed by atoms with E-state index in [1.54, 1.807) is 11.1 Å². The first-order valence-electron chi connectivity index (χ1n) is 19.7. The number of benzene rings is 3. The smallest absolute Gasteiger partial charge is 0.385 e. The van der Waals surface area contributed by atoms with Crippen molar-refractivity contribution in [2.45, 2.75) is 75.5 Å². The van der Waals surface area contributed by atoms with Crippen molar-refractivity contribution in [3.05, 3.63) is 119 Å². The normalized spacial score (nSPS) is 19.2. The molecule has 0 radical (unpaired) electrons. The lowest BCUT2D eigenvalue weighted by Gasteiger charge is -2.42. The molecule has 2 saturated heterocycles. The molecule has 0 spiro atoms. The van der Waals surface area contributed by atoms with Gasteiger partial charge in [0.25, 0.3) is 0 Å². The summed E-state index contributed by atoms with van der Waals surface area (Å²) in [5, 5.41) is 25.4. The molecular formula is C42H49F3N8O4. The van der Waals surface area contributed by atoms with Crippen LogP contribution in [-0.2, 0) is 34.5 Å². The van der Waals surface area contributed by atoms with Gasteiger partial charge in [0.05, 0.1) is 35.1 Å². The number of aromatic nitrogens is 3. The third kappa shape index (κ3) is 9.71. The van der Waals surface area contributed by atoms with Crippen molar-refractivity contribution in [2.24, 2.45) is 5.92 Å². The van der Waals surface area contributed by atoms with Crippen LogP contribution in [0, 0.1) is 5.92 Å². The highest BCUT2D eigenvalue weighted by Crippen LogP contribution is 2.41. The fourth-order valence-corrected chi connectivity index (χ4v) is 8.54. The molecule has 3 aromatic carbocycles. The van der Waals surface area contributed by atoms with Gasteiger partial charge in [-0.2, -0.15) is 13.2 Å². The number of nitrogens with one attached hydrogen (secondary N) is 2. The number of urea groups is 1. The summed E-state index contributed by atoms with van der Waals surface area (Å²) in [6, 6.07) is 23.5. The van der Waals surface area contributed by atoms with Crippen LogP contribution in [0.4, 0.5) is 18.0 Å². The Balaban J connectivity index is 0.958. The van der Waals surface area contributed by atoms with Crippen LogP contribution in [0.5, 0.6) is 0 Å². The van der Waals surface area contributed by atoms with Crippen LogP contribution in [0.2, 0.25) is 0 Å². The van der Waals surface area contributed by atoms with Gasteiger partial charge in [-0.25, -0.2) is 9.48 Å². The number of carbonyl (C=O) groups is 3. The first kappa shape index (κ1) is 40.1. The molecule has 1 aromatic heterocycles. The minimum Gasteiger partial charge on any atom is -0.385 e. The molecule has 2 aliphatic heterocycles. The van der Waals surface area contributed by atoms with Gasteiger partial charge in [-0.1, -0.05) is 96.9 Å². The van der Waals surface area contributed by atoms with Crippen LogP contribution < -0.4 is 10.6 Å². The van der Waals surface area contributed by atoms with Gasteiger partial charge in [-0.3, -0.25) is 24.7 Å². The third-order valence-electron chi connectivity index (χ3n) is 11.6. The summed E-state index contributed by atoms with van der Waals surface area (Å²) < 4.78 is 42.5. The van der Waals surface area contributed by atoms with Gasteiger partial charge in [0, 0.05) is 51.7 Å². The van der Waals surface area contributed by atoms with Crippen molar-refractivity contribution < 1.29 is 32.7 Å². The Bertz CT molecular complexity index is 1970. The number of carbonyl (C=O) groups excluding carboxylic acids is 3. The van der Waals surface area contributed by atoms with Gasteiger partial charge in [-0.05, 0) is 48.4 Å². The topological polar surface area (TPSA) is 136 Å². The number of aliphatic hydroxyl groups is 1. The van der Waals surface area contributed by atoms with Crippen molar-refractivity contribution in [1.82, 2.24) is 40.3 Å². The van der Waals surface area contributed by atoms with E-state index in [9.17, 15) is 32.7 Å². The number of hydrogen-bond acceptors (Lipinski definition) is 8. The molecule has 0 bridgehead atoms. The summed E-state index contributed by atoms with van der Waals surface area (Å²) in [6.45, 7) is 3.09. The van der Waals surface area contributed by atoms with Crippen LogP contribution in [0.3, 0.4) is 0 Å². The lowest BCUT2D eigenvalue weighted by molar-refractivity contribution is -0.142. The summed E-state index contributed by atoms with van der Waals surface area (Å²) in [5.74, 6) is -0.505. The molecule has 57 heavy (non-hydrogen) atoms. The SMILES string of the molecule is O=C(NC(=O)C1CCCC1)N[C@H](c1ccccc1)[C@H](c1ccccc1)N1CCN(C(=O)Cn2cc(CN3CCC(O)(c4ccccc4C(F)(F)F)CC3)nn2)CC1. The Labute approximate surface area is 330 Å². The zero-order chi connectivity index (χ0) is 40.0. The highest BCUT2D eigenvalue weighted by Gasteiger charge is 2.42. The highest BCUT2D eigenvalue weighted by molar-refractivity contribution is 5.95. The number of halogens is 3. The maximum atomic E-state index is 13.7. The van der Waals surface area contributed by atoms with Gasteiger partial charge in [-0.15, -0.1) is 5.10 Å². The summed E-state index contributed by atoms with van der Waals surface area (Å²) in [5.41, 5.74) is 0.0107. The minimum atomic E-state index is -4.56. The number of rotatable bonds is 11. The first-order chi connectivity index (χ1) is 27.5. The molecule has 2 atom stereocenters. The monoisotopic (exact) mass is 786 g/mol. The predicted molar refractivity (Wildman–Crippen MR) is 205 cm³/mol. The summed E-state index contributed by atoms with van der Waals surface area (Å²) in [6.07, 6.45) is 0.970. The molecule has 3 fully saturated rings. The minimum absolute atomic E-state index is 0.00746. The molecule has 7 rings (SSSR count). The predicted octanol–water partition coefficient (Wildman–Crippen LogP) is 5.42. The van der Waals surface area contributed by atoms with Crippen molar-refractivity contribution in [3.63, 3.8) is 0 Å². The number of amides is 4. The van der Waals surface area contributed by atoms with Crippen molar-refractivity contribution in [3.8, 4) is 0 Å². The number of likely N-dealkylation sites (tertiary alicyclic amines) is 1. The molecule has 1 aliphatic carbocycles. The molecule has 3 aliphatic rings. The van der Waals surface area contributed by atoms with E-state index >= 15 is 0 Å². The van der Waals surface area contributed by atoms with Gasteiger partial charge in [0.1, 0.15) is 6.54 Å². The number of imide groups is 1. The Hall–Kier alpha value is -5.12. The maximum absolute atomic E-state index is 13.7. The summed E-state index contributed by atoms with van der Waals surface area (Å²) in [4.78, 5) is 45.9. The molecule has 302 valence electrons. The third-order valence-corrected chi connectivity index (χ3v) is 11.6. The van der Waals surface area contributed by atoms with E-state index < -0.39 is 29.4 Å². The lowest BCUT2D eigenvalue weighted by atomic mass is 9.81. The lowest BCUT2D eigenvalue weighted by Crippen LogP contribution is -2.53. The van der Waals surface area contributed by atoms with E-state index in [-0.39, 0.29) is 48.7 Å². The molecule has 4 aromatic rings. The average molecular weight is 787 g/mol. The van der Waals surface area contributed by atoms with E-state index in [4.69, 9.17) is 0 Å². The second-order valence-electron chi connectivity index (χ2n) is 15.4. The highest BCUT2D eigenvalue weighted by atomic mass is 19.4. The number of nitrogens with zero attached hydrogens (tertiary/aromatic N) is 6. The van der Waals surface area contributed by atoms with Crippen LogP contribution >= 0.6 is 0 Å². The number of hydrogen-bond donors (Lipinski definition) is 3. The van der Waals surface area contributed by atoms with Gasteiger partial charge >= 0.3 is 12.2 Å². The van der Waals surface area contributed by atoms with Crippen molar-refractivity contribution in [2.75, 3.05) is 39.3 Å². The molecule has 15 heteroatoms. The molecule has 4 amide bonds. The molecule has 1 saturated carbocycles. The number of alkyl halides is 3. The van der Waals surface area contributed by atoms with E-state index in [1.165, 1.54) is 22.9 Å². The Kier molecular flexibility index (Phi) is 12.4. The van der Waals surface area contributed by atoms with Crippen LogP contribution in [0.1, 0.15) is 78.6 Å². The Morgan fingerprint density at radius 3 is 2.09 bits per heavy atom. The van der Waals surface area contributed by atoms with Crippen LogP contribution in [0.25, 0.3) is 0 Å². The van der Waals surface area contributed by atoms with Crippen LogP contribution in [0.15, 0.2) is 91.1 Å². The molecule has 0 unspecified atom stereocenters. The average Bonchev–Trinajstić information content (AvgIpc) is 3.92. The second-order valence-corrected chi connectivity index (χ2v) is 15.4. The zero-order valence-corrected chi connectivity index (χ0v) is 31.8. The van der Waals surface area contributed by atoms with E-state index in [1.807, 2.05) is 65.6 Å². The molecule has 3 N–H and O–H groups in total. The largest absolute Gasteiger partial charge is 0.416 e. The molecular weight excluding hydrogens is 738 g/mol. The Morgan fingerprint density at radius 2 is 1.44 bits per heavy atom. The van der Waals surface area contributed by atoms with Crippen molar-refractivity contribution >= 4 is 17.8 Å². The van der Waals surface area contributed by atoms with Gasteiger partial charge in [0.2, 0.25) is 11.8 Å². The van der Waals surface area contributed by atoms with Gasteiger partial charge in [0.15, 0.2) is 0 Å². The van der Waals surface area contributed by atoms with E-state index in [2.05, 4.69) is 25.8 Å². The van der Waals surface area contributed by atoms with E-state index in [0.717, 1.165) is 42.9 Å². The summed E-state index contributed by atoms with van der Waals surface area (Å²) >= 11 is 0. The summed E-state index contributed by atoms with van der Waals surface area (Å²) in [7, 11) is 0. The zero-order valence-electron chi connectivity index (χ0n) is 31.8. The standard InChI is InChI=1S/C42H49F3N8O4/c43-42(44,45)35-18-10-9-17-34(35)41(57)19-21-50(22-20-41)27-33-28-53(49-48-33)29-36(54)51-23-25-52(26-24-51)38(31-13-5-2-6-14-31)37(30-11-3-1-4-12-30)46-40(56)47-39(55)32-15-7-8-16-32/h1-6,9-14,17-18,28,32,37-38,57H,7-8,15-16,19-27,29H2,(H2,46,47,55,56)/t37-,38+/m1/s1. The second kappa shape index (κ2) is 17.6. The number of piperazine rings is 1. The quantitative estimate of drug-likeness (QED) is 0.184. The number of piperidine rings is 1. The van der Waals surface area contributed by atoms with Gasteiger partial charge < -0.3 is 15.3 Å². The molecule has 12 nitrogen and oxygen atoms in total. The maximum Gasteiger partial charge on any atom is 0.416 e.